The summed E-state index contributed by atoms with van der Waals surface area (Å²) in [5.74, 6) is -1.47. The van der Waals surface area contributed by atoms with Crippen LogP contribution in [0.15, 0.2) is 24.3 Å². The lowest BCUT2D eigenvalue weighted by atomic mass is 9.85. The van der Waals surface area contributed by atoms with E-state index in [1.165, 1.54) is 12.1 Å². The van der Waals surface area contributed by atoms with E-state index < -0.39 is 42.3 Å². The molecule has 3 amide bonds. The summed E-state index contributed by atoms with van der Waals surface area (Å²) >= 11 is 0. The number of hydrogen-bond acceptors (Lipinski definition) is 2. The molecule has 1 aromatic carbocycles. The van der Waals surface area contributed by atoms with Crippen LogP contribution in [0, 0.1) is 5.82 Å². The van der Waals surface area contributed by atoms with Crippen LogP contribution in [0.2, 0.25) is 0 Å². The Hall–Kier alpha value is -2.12. The van der Waals surface area contributed by atoms with Gasteiger partial charge in [-0.2, -0.15) is 13.2 Å². The lowest BCUT2D eigenvalue weighted by Crippen LogP contribution is -2.44. The van der Waals surface area contributed by atoms with E-state index in [4.69, 9.17) is 0 Å². The molecule has 4 nitrogen and oxygen atoms in total. The molecule has 0 saturated carbocycles. The fourth-order valence-electron chi connectivity index (χ4n) is 2.08. The van der Waals surface area contributed by atoms with Crippen LogP contribution in [-0.4, -0.2) is 18.1 Å². The van der Waals surface area contributed by atoms with Crippen molar-refractivity contribution in [3.05, 3.63) is 35.6 Å². The number of carbonyl (C=O) groups is 2. The van der Waals surface area contributed by atoms with Gasteiger partial charge in [0.25, 0.3) is 5.91 Å². The molecule has 0 aromatic heterocycles. The van der Waals surface area contributed by atoms with Gasteiger partial charge >= 0.3 is 12.2 Å². The van der Waals surface area contributed by atoms with Crippen molar-refractivity contribution in [3.63, 3.8) is 0 Å². The largest absolute Gasteiger partial charge is 0.389 e. The highest BCUT2D eigenvalue weighted by Crippen LogP contribution is 2.34. The van der Waals surface area contributed by atoms with Gasteiger partial charge in [-0.3, -0.25) is 10.1 Å². The van der Waals surface area contributed by atoms with Crippen molar-refractivity contribution < 1.29 is 27.2 Å². The molecule has 0 aliphatic carbocycles. The topological polar surface area (TPSA) is 58.2 Å². The van der Waals surface area contributed by atoms with Gasteiger partial charge in [0, 0.05) is 6.42 Å². The van der Waals surface area contributed by atoms with E-state index >= 15 is 0 Å². The first kappa shape index (κ1) is 14.3. The Labute approximate surface area is 111 Å². The molecule has 2 N–H and O–H groups in total. The molecule has 1 heterocycles. The van der Waals surface area contributed by atoms with E-state index in [0.29, 0.717) is 0 Å². The molecular weight excluding hydrogens is 280 g/mol. The van der Waals surface area contributed by atoms with Crippen molar-refractivity contribution in [1.82, 2.24) is 10.6 Å². The van der Waals surface area contributed by atoms with Crippen molar-refractivity contribution in [2.24, 2.45) is 0 Å². The van der Waals surface area contributed by atoms with Crippen molar-refractivity contribution >= 4 is 11.9 Å². The van der Waals surface area contributed by atoms with Gasteiger partial charge in [0.1, 0.15) is 11.4 Å². The Morgan fingerprint density at radius 1 is 1.10 bits per heavy atom. The van der Waals surface area contributed by atoms with Gasteiger partial charge in [-0.1, -0.05) is 12.1 Å². The summed E-state index contributed by atoms with van der Waals surface area (Å²) in [6, 6.07) is 3.51. The van der Waals surface area contributed by atoms with E-state index in [1.54, 1.807) is 0 Å². The number of carbonyl (C=O) groups excluding carboxylic acids is 2. The van der Waals surface area contributed by atoms with Crippen LogP contribution >= 0.6 is 0 Å². The van der Waals surface area contributed by atoms with Crippen molar-refractivity contribution in [3.8, 4) is 0 Å². The molecule has 1 saturated heterocycles. The third kappa shape index (κ3) is 2.73. The molecule has 1 aromatic rings. The molecule has 1 atom stereocenters. The van der Waals surface area contributed by atoms with Crippen LogP contribution < -0.4 is 10.6 Å². The van der Waals surface area contributed by atoms with E-state index in [0.717, 1.165) is 12.1 Å². The number of alkyl halides is 3. The van der Waals surface area contributed by atoms with E-state index in [2.05, 4.69) is 5.32 Å². The van der Waals surface area contributed by atoms with Gasteiger partial charge in [-0.25, -0.2) is 9.18 Å². The number of amides is 3. The minimum absolute atomic E-state index is 0.103. The minimum atomic E-state index is -4.47. The minimum Gasteiger partial charge on any atom is -0.319 e. The van der Waals surface area contributed by atoms with E-state index in [1.807, 2.05) is 5.32 Å². The average Bonchev–Trinajstić information content (AvgIpc) is 2.62. The number of rotatable bonds is 3. The SMILES string of the molecule is O=C1NC(=O)C(CCC(F)(F)F)(c2ccc(F)cc2)N1. The molecule has 20 heavy (non-hydrogen) atoms. The molecule has 1 aliphatic rings. The van der Waals surface area contributed by atoms with Crippen LogP contribution in [0.3, 0.4) is 0 Å². The molecule has 0 bridgehead atoms. The smallest absolute Gasteiger partial charge is 0.319 e. The second kappa shape index (κ2) is 4.77. The number of hydrogen-bond donors (Lipinski definition) is 2. The van der Waals surface area contributed by atoms with E-state index in [9.17, 15) is 27.2 Å². The summed E-state index contributed by atoms with van der Waals surface area (Å²) in [5, 5.41) is 4.11. The fourth-order valence-corrected chi connectivity index (χ4v) is 2.08. The zero-order chi connectivity index (χ0) is 15.0. The first-order valence-electron chi connectivity index (χ1n) is 5.69. The van der Waals surface area contributed by atoms with Crippen LogP contribution in [0.5, 0.6) is 0 Å². The normalized spacial score (nSPS) is 22.6. The first-order chi connectivity index (χ1) is 9.23. The molecule has 108 valence electrons. The molecule has 8 heteroatoms. The lowest BCUT2D eigenvalue weighted by Gasteiger charge is -2.27. The molecule has 0 spiro atoms. The van der Waals surface area contributed by atoms with Crippen LogP contribution in [0.1, 0.15) is 18.4 Å². The Morgan fingerprint density at radius 3 is 2.15 bits per heavy atom. The highest BCUT2D eigenvalue weighted by molar-refractivity contribution is 6.07. The molecule has 1 unspecified atom stereocenters. The summed E-state index contributed by atoms with van der Waals surface area (Å²) in [7, 11) is 0. The molecule has 0 radical (unpaired) electrons. The number of urea groups is 1. The number of halogens is 4. The molecule has 2 rings (SSSR count). The van der Waals surface area contributed by atoms with Crippen molar-refractivity contribution in [2.75, 3.05) is 0 Å². The van der Waals surface area contributed by atoms with Gasteiger partial charge in [-0.15, -0.1) is 0 Å². The second-order valence-corrected chi connectivity index (χ2v) is 4.44. The molecule has 1 aliphatic heterocycles. The summed E-state index contributed by atoms with van der Waals surface area (Å²) < 4.78 is 50.0. The summed E-state index contributed by atoms with van der Waals surface area (Å²) in [4.78, 5) is 23.1. The van der Waals surface area contributed by atoms with Crippen LogP contribution in [0.4, 0.5) is 22.4 Å². The third-order valence-electron chi connectivity index (χ3n) is 3.06. The summed E-state index contributed by atoms with van der Waals surface area (Å²) in [6.07, 6.45) is -6.38. The second-order valence-electron chi connectivity index (χ2n) is 4.44. The highest BCUT2D eigenvalue weighted by atomic mass is 19.4. The van der Waals surface area contributed by atoms with E-state index in [-0.39, 0.29) is 5.56 Å². The Balaban J connectivity index is 2.37. The maximum Gasteiger partial charge on any atom is 0.389 e. The predicted molar refractivity (Wildman–Crippen MR) is 60.0 cm³/mol. The van der Waals surface area contributed by atoms with Crippen LogP contribution in [-0.2, 0) is 10.3 Å². The third-order valence-corrected chi connectivity index (χ3v) is 3.06. The van der Waals surface area contributed by atoms with Gasteiger partial charge < -0.3 is 5.32 Å². The number of nitrogens with one attached hydrogen (secondary N) is 2. The maximum atomic E-state index is 12.9. The number of imide groups is 1. The predicted octanol–water partition coefficient (Wildman–Crippen LogP) is 2.20. The van der Waals surface area contributed by atoms with Crippen LogP contribution in [0.25, 0.3) is 0 Å². The number of benzene rings is 1. The zero-order valence-electron chi connectivity index (χ0n) is 10.1. The maximum absolute atomic E-state index is 12.9. The standard InChI is InChI=1S/C12H10F4N2O2/c13-8-3-1-7(2-4-8)11(5-6-12(14,15)16)9(19)17-10(20)18-11/h1-4H,5-6H2,(H2,17,18,19,20). The first-order valence-corrected chi connectivity index (χ1v) is 5.69. The van der Waals surface area contributed by atoms with Crippen molar-refractivity contribution in [1.29, 1.82) is 0 Å². The quantitative estimate of drug-likeness (QED) is 0.662. The van der Waals surface area contributed by atoms with Gasteiger partial charge in [0.15, 0.2) is 0 Å². The van der Waals surface area contributed by atoms with Crippen molar-refractivity contribution in [2.45, 2.75) is 24.6 Å². The van der Waals surface area contributed by atoms with Gasteiger partial charge in [-0.05, 0) is 24.1 Å². The Morgan fingerprint density at radius 2 is 1.70 bits per heavy atom. The monoisotopic (exact) mass is 290 g/mol. The fraction of sp³-hybridized carbons (Fsp3) is 0.333. The molecular formula is C12H10F4N2O2. The zero-order valence-corrected chi connectivity index (χ0v) is 10.1. The summed E-state index contributed by atoms with van der Waals surface area (Å²) in [6.45, 7) is 0. The highest BCUT2D eigenvalue weighted by Gasteiger charge is 2.49. The molecule has 1 fully saturated rings. The Bertz CT molecular complexity index is 541. The average molecular weight is 290 g/mol. The lowest BCUT2D eigenvalue weighted by molar-refractivity contribution is -0.142. The van der Waals surface area contributed by atoms with Gasteiger partial charge in [0.2, 0.25) is 0 Å². The van der Waals surface area contributed by atoms with Gasteiger partial charge in [0.05, 0.1) is 0 Å². The summed E-state index contributed by atoms with van der Waals surface area (Å²) in [5.41, 5.74) is -1.72. The Kier molecular flexibility index (Phi) is 3.41.